The Morgan fingerprint density at radius 1 is 0.210 bits per heavy atom. The normalized spacial score (nSPS) is 11.7. The Bertz CT molecular complexity index is 5070. The molecule has 100 heavy (non-hydrogen) atoms. The molecule has 0 atom stereocenters. The van der Waals surface area contributed by atoms with Gasteiger partial charge in [-0.15, -0.1) is 0 Å². The SMILES string of the molecule is C.C.Fc1c(F)c(F)c(-c2[nH]nc3c(F)c(F)c(F)c(F)c23)c(F)c1F.Fc1c(F)c(F)c(-c2nn([B-](n3nc(-c4c(F)c(F)c(F)c(F)c4F)c4c(F)c(F)c(F)c(F)c43)n3nc(-c4c(F)c(F)c(F)c(F)c4F)c4c(F)c(F)c(F)c(F)c43)c3c(F)c(F)c(F)c(F)c23)c(F)c1F.[Li+]. The fourth-order valence-electron chi connectivity index (χ4n) is 9.68. The maximum atomic E-state index is 16.4. The molecule has 12 aromatic rings. The molecule has 8 nitrogen and oxygen atoms in total. The monoisotopic (exact) mass is 1470 g/mol. The molecule has 1 N–H and O–H groups in total. The number of fused-ring (bicyclic) bond motifs is 4. The van der Waals surface area contributed by atoms with E-state index in [1.165, 1.54) is 0 Å². The number of halogens is 36. The minimum atomic E-state index is -4.29. The van der Waals surface area contributed by atoms with E-state index in [0.717, 1.165) is 0 Å². The molecule has 0 fully saturated rings. The summed E-state index contributed by atoms with van der Waals surface area (Å²) in [7, 11) is -4.29. The summed E-state index contributed by atoms with van der Waals surface area (Å²) in [4.78, 5) is 0. The van der Waals surface area contributed by atoms with Gasteiger partial charge in [-0.2, -0.15) is 5.10 Å². The Hall–Kier alpha value is -10.2. The van der Waals surface area contributed by atoms with Crippen LogP contribution in [0.5, 0.6) is 0 Å². The van der Waals surface area contributed by atoms with Crippen LogP contribution in [0.2, 0.25) is 0 Å². The number of nitrogens with one attached hydrogen (secondary N) is 1. The summed E-state index contributed by atoms with van der Waals surface area (Å²) in [5, 5.41) is 4.76. The third-order valence-electron chi connectivity index (χ3n) is 14.0. The first kappa shape index (κ1) is 75.6. The minimum absolute atomic E-state index is 0. The predicted molar refractivity (Wildman–Crippen MR) is 261 cm³/mol. The first-order valence-corrected chi connectivity index (χ1v) is 24.2. The van der Waals surface area contributed by atoms with Gasteiger partial charge in [0.05, 0.1) is 66.0 Å². The van der Waals surface area contributed by atoms with Crippen LogP contribution in [0, 0.1) is 209 Å². The van der Waals surface area contributed by atoms with Gasteiger partial charge < -0.3 is 13.8 Å². The molecule has 0 aliphatic rings. The number of rotatable bonds is 7. The average Bonchev–Trinajstić information content (AvgIpc) is 1.52. The van der Waals surface area contributed by atoms with E-state index >= 15 is 79.0 Å². The van der Waals surface area contributed by atoms with Gasteiger partial charge in [0.2, 0.25) is 23.3 Å². The van der Waals surface area contributed by atoms with Crippen LogP contribution < -0.4 is 18.9 Å². The molecule has 0 aliphatic carbocycles. The molecule has 0 bridgehead atoms. The molecule has 0 saturated carbocycles. The first-order chi connectivity index (χ1) is 45.2. The maximum absolute atomic E-state index is 16.4. The molecule has 8 aromatic carbocycles. The summed E-state index contributed by atoms with van der Waals surface area (Å²) in [6.07, 6.45) is 0. The third kappa shape index (κ3) is 10.2. The van der Waals surface area contributed by atoms with Crippen molar-refractivity contribution in [3.8, 4) is 45.0 Å². The summed E-state index contributed by atoms with van der Waals surface area (Å²) < 4.78 is 530. The fourth-order valence-corrected chi connectivity index (χ4v) is 9.68. The maximum Gasteiger partial charge on any atom is 1.00 e. The quantitative estimate of drug-likeness (QED) is 0.0746. The van der Waals surface area contributed by atoms with Crippen LogP contribution in [0.4, 0.5) is 158 Å². The average molecular weight is 1470 g/mol. The molecule has 0 unspecified atom stereocenters. The van der Waals surface area contributed by atoms with Crippen LogP contribution in [0.15, 0.2) is 0 Å². The van der Waals surface area contributed by atoms with Crippen LogP contribution in [0.3, 0.4) is 0 Å². The molecule has 521 valence electrons. The van der Waals surface area contributed by atoms with Crippen molar-refractivity contribution in [2.45, 2.75) is 14.9 Å². The third-order valence-corrected chi connectivity index (χ3v) is 14.0. The van der Waals surface area contributed by atoms with E-state index in [1.807, 2.05) is 0 Å². The van der Waals surface area contributed by atoms with Crippen molar-refractivity contribution in [3.05, 3.63) is 209 Å². The Morgan fingerprint density at radius 3 is 0.630 bits per heavy atom. The molecule has 0 aliphatic heterocycles. The standard InChI is InChI=1S/C39BF27N6.C13HF9N2.2CH4.Li/c41-7-1(8(42)17(51)25(59)16(7)50)34-4-13(47)22(56)28(62)31(65)37(4)71(68-34)40(72-38-5(14(48)23(57)29(63)32(38)66)35(69-72)2-9(43)18(52)26(60)19(53)10(2)44)73-39-6(15(49)24(58)30(64)33(39)67)36(70-73)3-11(45)20(54)27(61)21(55)12(3)46;14-3-1(4(15)7(18)9(20)6(3)17)12-2-5(16)8(19)10(21)11(22)13(2)24-23-12;;;/h;(H,23,24);2*1H4;/q-1;;;;+1. The van der Waals surface area contributed by atoms with Crippen LogP contribution in [-0.2, 0) is 0 Å². The van der Waals surface area contributed by atoms with Crippen molar-refractivity contribution in [3.63, 3.8) is 0 Å². The van der Waals surface area contributed by atoms with Gasteiger partial charge in [-0.25, -0.2) is 173 Å². The minimum Gasteiger partial charge on any atom is -0.415 e. The second-order valence-electron chi connectivity index (χ2n) is 19.0. The summed E-state index contributed by atoms with van der Waals surface area (Å²) >= 11 is 0. The van der Waals surface area contributed by atoms with Crippen molar-refractivity contribution in [1.82, 2.24) is 39.3 Å². The smallest absolute Gasteiger partial charge is 0.415 e. The van der Waals surface area contributed by atoms with Crippen molar-refractivity contribution in [2.24, 2.45) is 0 Å². The molecule has 0 amide bonds. The number of aromatic nitrogens is 8. The molecule has 1 radical (unpaired) electrons. The number of hydrogen-bond acceptors (Lipinski definition) is 4. The molecule has 0 spiro atoms. The molecule has 4 aromatic heterocycles. The van der Waals surface area contributed by atoms with Crippen molar-refractivity contribution in [2.75, 3.05) is 0 Å². The van der Waals surface area contributed by atoms with Gasteiger partial charge in [-0.05, 0) is 0 Å². The zero-order valence-corrected chi connectivity index (χ0v) is 44.8. The second-order valence-corrected chi connectivity index (χ2v) is 19.0. The molecular formula is C54H9BF36LiN8. The van der Waals surface area contributed by atoms with Crippen molar-refractivity contribution < 1.29 is 177 Å². The largest absolute Gasteiger partial charge is 1.00 e. The van der Waals surface area contributed by atoms with Crippen LogP contribution in [0.25, 0.3) is 88.6 Å². The Kier molecular flexibility index (Phi) is 19.5. The fraction of sp³-hybridized carbons (Fsp3) is 0.0370. The number of benzene rings is 8. The molecule has 0 saturated heterocycles. The van der Waals surface area contributed by atoms with E-state index < -0.39 is 319 Å². The number of nitrogens with zero attached hydrogens (tertiary/aromatic N) is 7. The zero-order chi connectivity index (χ0) is 71.9. The zero-order valence-electron chi connectivity index (χ0n) is 44.8. The Labute approximate surface area is 535 Å². The van der Waals surface area contributed by atoms with Crippen molar-refractivity contribution >= 4 is 50.7 Å². The summed E-state index contributed by atoms with van der Waals surface area (Å²) in [5.74, 6) is -106. The van der Waals surface area contributed by atoms with E-state index in [9.17, 15) is 79.0 Å². The van der Waals surface area contributed by atoms with Gasteiger partial charge in [-0.3, -0.25) is 5.10 Å². The number of aromatic amines is 1. The van der Waals surface area contributed by atoms with E-state index in [1.54, 1.807) is 5.10 Å². The molecule has 4 heterocycles. The van der Waals surface area contributed by atoms with Crippen LogP contribution in [-0.4, -0.2) is 46.4 Å². The van der Waals surface area contributed by atoms with Gasteiger partial charge in [0.1, 0.15) is 22.6 Å². The van der Waals surface area contributed by atoms with Crippen LogP contribution >= 0.6 is 0 Å². The van der Waals surface area contributed by atoms with Gasteiger partial charge in [0, 0.05) is 0 Å². The Morgan fingerprint density at radius 2 is 0.390 bits per heavy atom. The van der Waals surface area contributed by atoms with E-state index in [2.05, 4.69) is 20.4 Å². The van der Waals surface area contributed by atoms with Gasteiger partial charge in [0.25, 0.3) is 7.12 Å². The number of H-pyrrole nitrogens is 1. The summed E-state index contributed by atoms with van der Waals surface area (Å²) in [5.41, 5.74) is -27.7. The van der Waals surface area contributed by atoms with Gasteiger partial charge in [-0.1, -0.05) is 14.9 Å². The summed E-state index contributed by atoms with van der Waals surface area (Å²) in [6, 6.07) is 0. The van der Waals surface area contributed by atoms with E-state index in [4.69, 9.17) is 0 Å². The first-order valence-electron chi connectivity index (χ1n) is 24.2. The van der Waals surface area contributed by atoms with E-state index in [-0.39, 0.29) is 33.7 Å². The van der Waals surface area contributed by atoms with E-state index in [0.29, 0.717) is 0 Å². The van der Waals surface area contributed by atoms with Crippen LogP contribution in [0.1, 0.15) is 14.9 Å². The number of hydrogen-bond donors (Lipinski definition) is 1. The molecule has 12 rings (SSSR count). The summed E-state index contributed by atoms with van der Waals surface area (Å²) in [6.45, 7) is 0. The second kappa shape index (κ2) is 25.8. The molecule has 46 heteroatoms. The van der Waals surface area contributed by atoms with Gasteiger partial charge >= 0.3 is 18.9 Å². The van der Waals surface area contributed by atoms with Crippen molar-refractivity contribution in [1.29, 1.82) is 0 Å². The topological polar surface area (TPSA) is 82.1 Å². The Balaban J connectivity index is 0.000000397. The molecular weight excluding hydrogens is 1460 g/mol. The predicted octanol–water partition coefficient (Wildman–Crippen LogP) is 15.2. The van der Waals surface area contributed by atoms with Gasteiger partial charge in [0.15, 0.2) is 186 Å².